The number of hydrogen-bond acceptors (Lipinski definition) is 5. The predicted molar refractivity (Wildman–Crippen MR) is 106 cm³/mol. The summed E-state index contributed by atoms with van der Waals surface area (Å²) in [4.78, 5) is 16.1. The average Bonchev–Trinajstić information content (AvgIpc) is 3.11. The lowest BCUT2D eigenvalue weighted by atomic mass is 10.1. The number of benzene rings is 1. The summed E-state index contributed by atoms with van der Waals surface area (Å²) >= 11 is 7.88. The number of methoxy groups -OCH3 is 1. The van der Waals surface area contributed by atoms with Crippen molar-refractivity contribution >= 4 is 34.9 Å². The third-order valence-corrected chi connectivity index (χ3v) is 4.48. The molecule has 0 fully saturated rings. The Morgan fingerprint density at radius 3 is 2.88 bits per heavy atom. The molecule has 0 saturated heterocycles. The Kier molecular flexibility index (Phi) is 7.94. The Hall–Kier alpha value is -2.05. The molecule has 0 aliphatic carbocycles. The second kappa shape index (κ2) is 10.2. The van der Waals surface area contributed by atoms with Crippen LogP contribution in [0, 0.1) is 5.92 Å². The third kappa shape index (κ3) is 6.35. The van der Waals surface area contributed by atoms with Gasteiger partial charge in [-0.15, -0.1) is 11.3 Å². The highest BCUT2D eigenvalue weighted by atomic mass is 35.5. The molecule has 0 spiro atoms. The maximum atomic E-state index is 11.9. The highest BCUT2D eigenvalue weighted by molar-refractivity contribution is 7.09. The number of ether oxygens (including phenoxy) is 2. The maximum absolute atomic E-state index is 11.9. The molecule has 2 aromatic rings. The van der Waals surface area contributed by atoms with Crippen molar-refractivity contribution in [2.45, 2.75) is 20.3 Å². The van der Waals surface area contributed by atoms with Crippen molar-refractivity contribution < 1.29 is 14.3 Å². The van der Waals surface area contributed by atoms with Gasteiger partial charge in [0, 0.05) is 30.6 Å². The van der Waals surface area contributed by atoms with Crippen LogP contribution in [-0.2, 0) is 11.2 Å². The van der Waals surface area contributed by atoms with Gasteiger partial charge in [-0.3, -0.25) is 4.79 Å². The number of nitrogens with zero attached hydrogens (tertiary/aromatic N) is 1. The molecule has 0 atom stereocenters. The molecule has 0 unspecified atom stereocenters. The number of nitrogens with one attached hydrogen (secondary N) is 1. The van der Waals surface area contributed by atoms with Crippen molar-refractivity contribution in [3.8, 4) is 11.5 Å². The first-order valence-corrected chi connectivity index (χ1v) is 9.60. The topological polar surface area (TPSA) is 60.5 Å². The number of halogens is 1. The van der Waals surface area contributed by atoms with Gasteiger partial charge in [0.05, 0.1) is 23.7 Å². The van der Waals surface area contributed by atoms with Crippen LogP contribution in [-0.4, -0.2) is 31.2 Å². The van der Waals surface area contributed by atoms with E-state index < -0.39 is 0 Å². The van der Waals surface area contributed by atoms with E-state index in [4.69, 9.17) is 21.1 Å². The Morgan fingerprint density at radius 2 is 2.23 bits per heavy atom. The lowest BCUT2D eigenvalue weighted by Gasteiger charge is -2.14. The minimum atomic E-state index is -0.170. The van der Waals surface area contributed by atoms with Crippen molar-refractivity contribution in [2.75, 3.05) is 20.3 Å². The van der Waals surface area contributed by atoms with Gasteiger partial charge in [0.25, 0.3) is 0 Å². The summed E-state index contributed by atoms with van der Waals surface area (Å²) < 4.78 is 11.1. The summed E-state index contributed by atoms with van der Waals surface area (Å²) in [7, 11) is 1.56. The Labute approximate surface area is 163 Å². The van der Waals surface area contributed by atoms with Crippen LogP contribution in [0.3, 0.4) is 0 Å². The second-order valence-corrected chi connectivity index (χ2v) is 7.43. The molecule has 0 saturated carbocycles. The van der Waals surface area contributed by atoms with E-state index >= 15 is 0 Å². The van der Waals surface area contributed by atoms with E-state index in [2.05, 4.69) is 24.1 Å². The number of carbonyl (C=O) groups is 1. The van der Waals surface area contributed by atoms with Crippen LogP contribution < -0.4 is 14.8 Å². The van der Waals surface area contributed by atoms with Gasteiger partial charge in [-0.1, -0.05) is 25.4 Å². The molecule has 7 heteroatoms. The van der Waals surface area contributed by atoms with Gasteiger partial charge >= 0.3 is 0 Å². The molecule has 0 aliphatic heterocycles. The summed E-state index contributed by atoms with van der Waals surface area (Å²) in [6, 6.07) is 3.54. The molecule has 140 valence electrons. The van der Waals surface area contributed by atoms with Crippen molar-refractivity contribution in [3.63, 3.8) is 0 Å². The summed E-state index contributed by atoms with van der Waals surface area (Å²) in [5.41, 5.74) is 0.763. The molecule has 1 heterocycles. The van der Waals surface area contributed by atoms with Crippen LogP contribution in [0.15, 0.2) is 29.8 Å². The molecule has 0 bridgehead atoms. The Morgan fingerprint density at radius 1 is 1.42 bits per heavy atom. The summed E-state index contributed by atoms with van der Waals surface area (Å²) in [5.74, 6) is 1.27. The van der Waals surface area contributed by atoms with Crippen LogP contribution in [0.1, 0.15) is 24.4 Å². The minimum Gasteiger partial charge on any atom is -0.493 e. The molecule has 1 aromatic heterocycles. The Bertz CT molecular complexity index is 745. The summed E-state index contributed by atoms with van der Waals surface area (Å²) in [6.07, 6.45) is 5.65. The van der Waals surface area contributed by atoms with Crippen molar-refractivity contribution in [1.82, 2.24) is 10.3 Å². The minimum absolute atomic E-state index is 0.170. The molecule has 1 aromatic carbocycles. The van der Waals surface area contributed by atoms with Gasteiger partial charge in [0.1, 0.15) is 0 Å². The molecule has 1 N–H and O–H groups in total. The van der Waals surface area contributed by atoms with E-state index in [1.165, 1.54) is 6.08 Å². The molecule has 5 nitrogen and oxygen atoms in total. The standard InChI is InChI=1S/C19H23ClN2O3S/c1-13(2)12-25-19-15(20)10-14(11-16(19)24-3)4-5-17(23)21-7-6-18-22-8-9-26-18/h4-5,8-11,13H,6-7,12H2,1-3H3,(H,21,23)/b5-4+. The zero-order chi connectivity index (χ0) is 18.9. The lowest BCUT2D eigenvalue weighted by Crippen LogP contribution is -2.23. The average molecular weight is 395 g/mol. The smallest absolute Gasteiger partial charge is 0.244 e. The fourth-order valence-corrected chi connectivity index (χ4v) is 3.02. The van der Waals surface area contributed by atoms with E-state index in [0.29, 0.717) is 35.6 Å². The fraction of sp³-hybridized carbons (Fsp3) is 0.368. The first-order chi connectivity index (χ1) is 12.5. The molecule has 2 rings (SSSR count). The van der Waals surface area contributed by atoms with Crippen LogP contribution in [0.4, 0.5) is 0 Å². The van der Waals surface area contributed by atoms with Crippen molar-refractivity contribution in [3.05, 3.63) is 45.4 Å². The fourth-order valence-electron chi connectivity index (χ4n) is 2.13. The molecule has 26 heavy (non-hydrogen) atoms. The van der Waals surface area contributed by atoms with E-state index in [9.17, 15) is 4.79 Å². The summed E-state index contributed by atoms with van der Waals surface area (Å²) in [5, 5.41) is 6.21. The number of amides is 1. The number of rotatable bonds is 9. The van der Waals surface area contributed by atoms with E-state index in [1.807, 2.05) is 5.38 Å². The monoisotopic (exact) mass is 394 g/mol. The molecule has 0 radical (unpaired) electrons. The van der Waals surface area contributed by atoms with E-state index in [0.717, 1.165) is 17.0 Å². The quantitative estimate of drug-likeness (QED) is 0.647. The van der Waals surface area contributed by atoms with Crippen LogP contribution in [0.5, 0.6) is 11.5 Å². The van der Waals surface area contributed by atoms with Crippen molar-refractivity contribution in [1.29, 1.82) is 0 Å². The normalized spacial score (nSPS) is 11.1. The van der Waals surface area contributed by atoms with Gasteiger partial charge < -0.3 is 14.8 Å². The maximum Gasteiger partial charge on any atom is 0.244 e. The summed E-state index contributed by atoms with van der Waals surface area (Å²) in [6.45, 7) is 5.21. The lowest BCUT2D eigenvalue weighted by molar-refractivity contribution is -0.116. The van der Waals surface area contributed by atoms with Gasteiger partial charge in [-0.2, -0.15) is 0 Å². The number of hydrogen-bond donors (Lipinski definition) is 1. The number of thiazole rings is 1. The molecular formula is C19H23ClN2O3S. The van der Waals surface area contributed by atoms with Crippen molar-refractivity contribution in [2.24, 2.45) is 5.92 Å². The van der Waals surface area contributed by atoms with Crippen LogP contribution in [0.2, 0.25) is 5.02 Å². The molecular weight excluding hydrogens is 372 g/mol. The van der Waals surface area contributed by atoms with E-state index in [1.54, 1.807) is 42.9 Å². The number of carbonyl (C=O) groups excluding carboxylic acids is 1. The number of aromatic nitrogens is 1. The van der Waals surface area contributed by atoms with E-state index in [-0.39, 0.29) is 5.91 Å². The third-order valence-electron chi connectivity index (χ3n) is 3.36. The Balaban J connectivity index is 1.95. The zero-order valence-corrected chi connectivity index (χ0v) is 16.7. The zero-order valence-electron chi connectivity index (χ0n) is 15.1. The first-order valence-electron chi connectivity index (χ1n) is 8.34. The highest BCUT2D eigenvalue weighted by Crippen LogP contribution is 2.37. The molecule has 0 aliphatic rings. The van der Waals surface area contributed by atoms with Gasteiger partial charge in [-0.05, 0) is 29.7 Å². The van der Waals surface area contributed by atoms with Crippen LogP contribution in [0.25, 0.3) is 6.08 Å². The van der Waals surface area contributed by atoms with Crippen LogP contribution >= 0.6 is 22.9 Å². The second-order valence-electron chi connectivity index (χ2n) is 6.04. The largest absolute Gasteiger partial charge is 0.493 e. The predicted octanol–water partition coefficient (Wildman–Crippen LogP) is 4.21. The first kappa shape index (κ1) is 20.3. The molecule has 1 amide bonds. The van der Waals surface area contributed by atoms with Gasteiger partial charge in [0.2, 0.25) is 5.91 Å². The van der Waals surface area contributed by atoms with Gasteiger partial charge in [0.15, 0.2) is 11.5 Å². The SMILES string of the molecule is COc1cc(/C=C/C(=O)NCCc2nccs2)cc(Cl)c1OCC(C)C. The highest BCUT2D eigenvalue weighted by Gasteiger charge is 2.12. The van der Waals surface area contributed by atoms with Gasteiger partial charge in [-0.25, -0.2) is 4.98 Å².